The van der Waals surface area contributed by atoms with Crippen LogP contribution >= 0.6 is 0 Å². The molecule has 8 nitrogen and oxygen atoms in total. The summed E-state index contributed by atoms with van der Waals surface area (Å²) < 4.78 is 55.1. The molecule has 24 heavy (non-hydrogen) atoms. The maximum absolute atomic E-state index is 12.6. The summed E-state index contributed by atoms with van der Waals surface area (Å²) in [5.41, 5.74) is 0. The molecule has 1 aromatic heterocycles. The predicted octanol–water partition coefficient (Wildman–Crippen LogP) is 0.889. The Kier molecular flexibility index (Phi) is 4.73. The summed E-state index contributed by atoms with van der Waals surface area (Å²) in [4.78, 5) is 4.39. The maximum atomic E-state index is 12.6. The van der Waals surface area contributed by atoms with E-state index in [-0.39, 0.29) is 29.8 Å². The molecule has 3 heterocycles. The van der Waals surface area contributed by atoms with E-state index in [1.54, 1.807) is 0 Å². The smallest absolute Gasteiger partial charge is 0.229 e. The van der Waals surface area contributed by atoms with Gasteiger partial charge in [-0.2, -0.15) is 4.98 Å². The molecule has 0 N–H and O–H groups in total. The first-order chi connectivity index (χ1) is 11.2. The lowest BCUT2D eigenvalue weighted by Gasteiger charge is -2.31. The average molecular weight is 377 g/mol. The van der Waals surface area contributed by atoms with Gasteiger partial charge >= 0.3 is 0 Å². The van der Waals surface area contributed by atoms with E-state index in [1.807, 2.05) is 13.8 Å². The third-order valence-electron chi connectivity index (χ3n) is 4.75. The Hall–Kier alpha value is -1.00. The molecule has 0 saturated carbocycles. The Morgan fingerprint density at radius 1 is 1.21 bits per heavy atom. The molecule has 10 heteroatoms. The molecule has 1 unspecified atom stereocenters. The molecule has 1 atom stereocenters. The van der Waals surface area contributed by atoms with Gasteiger partial charge in [-0.05, 0) is 19.3 Å². The summed E-state index contributed by atoms with van der Waals surface area (Å²) in [7, 11) is -6.77. The van der Waals surface area contributed by atoms with E-state index in [4.69, 9.17) is 4.52 Å². The molecule has 0 bridgehead atoms. The van der Waals surface area contributed by atoms with Crippen molar-refractivity contribution in [1.29, 1.82) is 0 Å². The van der Waals surface area contributed by atoms with Crippen LogP contribution in [0.25, 0.3) is 0 Å². The second-order valence-corrected chi connectivity index (χ2v) is 11.3. The van der Waals surface area contributed by atoms with Crippen LogP contribution in [-0.2, 0) is 19.9 Å². The molecule has 1 aromatic rings. The first-order valence-corrected chi connectivity index (χ1v) is 11.5. The minimum absolute atomic E-state index is 0.0344. The number of piperidine rings is 1. The summed E-state index contributed by atoms with van der Waals surface area (Å²) in [5.74, 6) is 1.19. The Morgan fingerprint density at radius 2 is 1.88 bits per heavy atom. The Bertz CT molecular complexity index is 792. The SMILES string of the molecule is CC(C)c1noc(C2CCN(S(=O)(=O)C3CCS(=O)(=O)C3)CC2)n1. The first kappa shape index (κ1) is 17.8. The minimum atomic E-state index is -3.56. The van der Waals surface area contributed by atoms with E-state index in [2.05, 4.69) is 10.1 Å². The topological polar surface area (TPSA) is 110 Å². The lowest BCUT2D eigenvalue weighted by atomic mass is 9.98. The van der Waals surface area contributed by atoms with E-state index in [1.165, 1.54) is 4.31 Å². The summed E-state index contributed by atoms with van der Waals surface area (Å²) in [6.07, 6.45) is 1.42. The van der Waals surface area contributed by atoms with Crippen molar-refractivity contribution < 1.29 is 21.4 Å². The van der Waals surface area contributed by atoms with Crippen LogP contribution in [0.1, 0.15) is 56.7 Å². The van der Waals surface area contributed by atoms with Crippen molar-refractivity contribution in [2.75, 3.05) is 24.6 Å². The van der Waals surface area contributed by atoms with Gasteiger partial charge in [0.05, 0.1) is 16.8 Å². The van der Waals surface area contributed by atoms with Gasteiger partial charge in [0.1, 0.15) is 0 Å². The summed E-state index contributed by atoms with van der Waals surface area (Å²) in [6.45, 7) is 4.70. The quantitative estimate of drug-likeness (QED) is 0.766. The van der Waals surface area contributed by atoms with Crippen molar-refractivity contribution in [3.63, 3.8) is 0 Å². The van der Waals surface area contributed by atoms with Crippen molar-refractivity contribution >= 4 is 19.9 Å². The summed E-state index contributed by atoms with van der Waals surface area (Å²) in [6, 6.07) is 0. The zero-order valence-electron chi connectivity index (χ0n) is 13.9. The molecule has 3 rings (SSSR count). The van der Waals surface area contributed by atoms with Gasteiger partial charge in [0.15, 0.2) is 15.7 Å². The monoisotopic (exact) mass is 377 g/mol. The molecule has 2 saturated heterocycles. The van der Waals surface area contributed by atoms with E-state index < -0.39 is 25.1 Å². The highest BCUT2D eigenvalue weighted by Gasteiger charge is 2.41. The lowest BCUT2D eigenvalue weighted by Crippen LogP contribution is -2.43. The van der Waals surface area contributed by atoms with Crippen LogP contribution in [0.2, 0.25) is 0 Å². The van der Waals surface area contributed by atoms with Crippen LogP contribution < -0.4 is 0 Å². The Morgan fingerprint density at radius 3 is 2.38 bits per heavy atom. The fourth-order valence-electron chi connectivity index (χ4n) is 3.21. The molecule has 0 amide bonds. The molecule has 0 aromatic carbocycles. The molecule has 2 aliphatic rings. The van der Waals surface area contributed by atoms with Crippen molar-refractivity contribution in [3.8, 4) is 0 Å². The number of rotatable bonds is 4. The van der Waals surface area contributed by atoms with Gasteiger partial charge < -0.3 is 4.52 Å². The molecular weight excluding hydrogens is 354 g/mol. The molecule has 2 fully saturated rings. The van der Waals surface area contributed by atoms with Gasteiger partial charge in [-0.15, -0.1) is 0 Å². The van der Waals surface area contributed by atoms with E-state index in [9.17, 15) is 16.8 Å². The molecule has 0 spiro atoms. The van der Waals surface area contributed by atoms with E-state index >= 15 is 0 Å². The fraction of sp³-hybridized carbons (Fsp3) is 0.857. The van der Waals surface area contributed by atoms with Gasteiger partial charge in [-0.1, -0.05) is 19.0 Å². The van der Waals surface area contributed by atoms with Crippen LogP contribution in [0, 0.1) is 0 Å². The second-order valence-electron chi connectivity index (χ2n) is 6.89. The minimum Gasteiger partial charge on any atom is -0.339 e. The molecule has 0 radical (unpaired) electrons. The highest BCUT2D eigenvalue weighted by molar-refractivity contribution is 7.95. The van der Waals surface area contributed by atoms with Gasteiger partial charge in [-0.25, -0.2) is 21.1 Å². The number of aromatic nitrogens is 2. The lowest BCUT2D eigenvalue weighted by molar-refractivity contribution is 0.268. The number of nitrogens with zero attached hydrogens (tertiary/aromatic N) is 3. The van der Waals surface area contributed by atoms with Gasteiger partial charge in [0.25, 0.3) is 0 Å². The number of hydrogen-bond acceptors (Lipinski definition) is 7. The van der Waals surface area contributed by atoms with Crippen LogP contribution in [0.4, 0.5) is 0 Å². The fourth-order valence-corrected chi connectivity index (χ4v) is 7.77. The Labute approximate surface area is 142 Å². The Balaban J connectivity index is 1.64. The average Bonchev–Trinajstić information content (AvgIpc) is 3.14. The largest absolute Gasteiger partial charge is 0.339 e. The normalized spacial score (nSPS) is 26.2. The maximum Gasteiger partial charge on any atom is 0.229 e. The highest BCUT2D eigenvalue weighted by Crippen LogP contribution is 2.31. The van der Waals surface area contributed by atoms with Crippen molar-refractivity contribution in [2.45, 2.75) is 50.2 Å². The zero-order chi connectivity index (χ0) is 17.5. The second kappa shape index (κ2) is 6.38. The molecular formula is C14H23N3O5S2. The third kappa shape index (κ3) is 3.50. The van der Waals surface area contributed by atoms with Crippen LogP contribution in [-0.4, -0.2) is 61.1 Å². The van der Waals surface area contributed by atoms with Gasteiger partial charge in [0.2, 0.25) is 15.9 Å². The third-order valence-corrected chi connectivity index (χ3v) is 9.06. The molecule has 136 valence electrons. The van der Waals surface area contributed by atoms with Crippen molar-refractivity contribution in [2.24, 2.45) is 0 Å². The van der Waals surface area contributed by atoms with E-state index in [0.29, 0.717) is 37.6 Å². The number of hydrogen-bond donors (Lipinski definition) is 0. The van der Waals surface area contributed by atoms with E-state index in [0.717, 1.165) is 0 Å². The number of sulfonamides is 1. The van der Waals surface area contributed by atoms with Crippen molar-refractivity contribution in [3.05, 3.63) is 11.7 Å². The van der Waals surface area contributed by atoms with Gasteiger partial charge in [-0.3, -0.25) is 0 Å². The highest BCUT2D eigenvalue weighted by atomic mass is 32.2. The van der Waals surface area contributed by atoms with Gasteiger partial charge in [0, 0.05) is 24.9 Å². The van der Waals surface area contributed by atoms with Crippen LogP contribution in [0.15, 0.2) is 4.52 Å². The van der Waals surface area contributed by atoms with Crippen molar-refractivity contribution in [1.82, 2.24) is 14.4 Å². The predicted molar refractivity (Wildman–Crippen MR) is 87.9 cm³/mol. The standard InChI is InChI=1S/C14H23N3O5S2/c1-10(2)13-15-14(22-16-13)11-3-6-17(7-4-11)24(20,21)12-5-8-23(18,19)9-12/h10-12H,3-9H2,1-2H3. The molecule has 2 aliphatic heterocycles. The summed E-state index contributed by atoms with van der Waals surface area (Å²) in [5, 5.41) is 3.16. The van der Waals surface area contributed by atoms with Crippen LogP contribution in [0.5, 0.6) is 0 Å². The molecule has 0 aliphatic carbocycles. The number of sulfone groups is 1. The first-order valence-electron chi connectivity index (χ1n) is 8.22. The zero-order valence-corrected chi connectivity index (χ0v) is 15.5. The summed E-state index contributed by atoms with van der Waals surface area (Å²) >= 11 is 0. The van der Waals surface area contributed by atoms with Crippen LogP contribution in [0.3, 0.4) is 0 Å².